The highest BCUT2D eigenvalue weighted by Gasteiger charge is 2.11. The maximum Gasteiger partial charge on any atom is 0.308 e. The molecule has 0 radical (unpaired) electrons. The fourth-order valence-corrected chi connectivity index (χ4v) is 2.41. The first-order chi connectivity index (χ1) is 9.08. The molecule has 1 rings (SSSR count). The van der Waals surface area contributed by atoms with Crippen LogP contribution in [0.15, 0.2) is 27.8 Å². The summed E-state index contributed by atoms with van der Waals surface area (Å²) < 4.78 is 11.6. The van der Waals surface area contributed by atoms with Gasteiger partial charge in [0, 0.05) is 16.1 Å². The van der Waals surface area contributed by atoms with Crippen LogP contribution in [0.1, 0.15) is 38.7 Å². The Kier molecular flexibility index (Phi) is 6.91. The van der Waals surface area contributed by atoms with Gasteiger partial charge in [0.15, 0.2) is 0 Å². The van der Waals surface area contributed by atoms with Gasteiger partial charge in [-0.25, -0.2) is 0 Å². The number of unbranched alkanes of at least 4 members (excludes halogenated alkanes) is 1. The molecule has 3 nitrogen and oxygen atoms in total. The molecule has 0 N–H and O–H groups in total. The summed E-state index contributed by atoms with van der Waals surface area (Å²) in [4.78, 5) is 11.2. The van der Waals surface area contributed by atoms with Crippen LogP contribution in [0.2, 0.25) is 0 Å². The fourth-order valence-electron chi connectivity index (χ4n) is 1.60. The summed E-state index contributed by atoms with van der Waals surface area (Å²) in [7, 11) is 1.63. The minimum atomic E-state index is -0.295. The molecule has 0 aliphatic rings. The second kappa shape index (κ2) is 8.19. The zero-order valence-corrected chi connectivity index (χ0v) is 13.7. The molecule has 0 spiro atoms. The van der Waals surface area contributed by atoms with E-state index >= 15 is 0 Å². The van der Waals surface area contributed by atoms with Crippen LogP contribution in [-0.2, 0) is 9.53 Å². The van der Waals surface area contributed by atoms with Crippen molar-refractivity contribution in [2.75, 3.05) is 7.11 Å². The van der Waals surface area contributed by atoms with E-state index in [9.17, 15) is 4.79 Å². The second-order valence-electron chi connectivity index (χ2n) is 4.16. The van der Waals surface area contributed by atoms with Gasteiger partial charge in [0.05, 0.1) is 7.11 Å². The maximum atomic E-state index is 11.2. The molecule has 0 saturated carbocycles. The van der Waals surface area contributed by atoms with Crippen molar-refractivity contribution >= 4 is 34.3 Å². The van der Waals surface area contributed by atoms with Crippen molar-refractivity contribution in [1.29, 1.82) is 0 Å². The predicted octanol–water partition coefficient (Wildman–Crippen LogP) is 4.55. The van der Waals surface area contributed by atoms with Gasteiger partial charge in [-0.2, -0.15) is 0 Å². The van der Waals surface area contributed by atoms with Crippen molar-refractivity contribution in [1.82, 2.24) is 0 Å². The second-order valence-corrected chi connectivity index (χ2v) is 5.46. The zero-order chi connectivity index (χ0) is 14.3. The Morgan fingerprint density at radius 2 is 1.89 bits per heavy atom. The van der Waals surface area contributed by atoms with E-state index in [-0.39, 0.29) is 5.97 Å². The fraction of sp³-hybridized carbons (Fsp3) is 0.400. The molecule has 0 atom stereocenters. The Morgan fingerprint density at radius 1 is 1.26 bits per heavy atom. The number of carbonyl (C=O) groups excluding carboxylic acids is 1. The number of benzene rings is 1. The van der Waals surface area contributed by atoms with Crippen molar-refractivity contribution in [2.45, 2.75) is 33.1 Å². The zero-order valence-electron chi connectivity index (χ0n) is 11.5. The number of hydrogen-bond donors (Lipinski definition) is 0. The highest BCUT2D eigenvalue weighted by molar-refractivity contribution is 14.1. The van der Waals surface area contributed by atoms with Gasteiger partial charge in [-0.1, -0.05) is 13.3 Å². The van der Waals surface area contributed by atoms with Gasteiger partial charge in [-0.15, -0.1) is 0 Å². The monoisotopic (exact) mass is 374 g/mol. The van der Waals surface area contributed by atoms with Gasteiger partial charge in [-0.3, -0.25) is 4.79 Å². The lowest BCUT2D eigenvalue weighted by molar-refractivity contribution is -0.134. The van der Waals surface area contributed by atoms with E-state index in [1.54, 1.807) is 7.11 Å². The lowest BCUT2D eigenvalue weighted by Crippen LogP contribution is -2.00. The molecule has 0 heterocycles. The van der Waals surface area contributed by atoms with Crippen molar-refractivity contribution in [3.8, 4) is 5.75 Å². The molecule has 0 amide bonds. The highest BCUT2D eigenvalue weighted by Crippen LogP contribution is 2.29. The Hall–Kier alpha value is -1.04. The number of rotatable bonds is 6. The lowest BCUT2D eigenvalue weighted by atomic mass is 10.1. The predicted molar refractivity (Wildman–Crippen MR) is 85.2 cm³/mol. The average Bonchev–Trinajstić information content (AvgIpc) is 2.42. The smallest absolute Gasteiger partial charge is 0.308 e. The summed E-state index contributed by atoms with van der Waals surface area (Å²) >= 11 is 2.25. The van der Waals surface area contributed by atoms with Gasteiger partial charge in [0.25, 0.3) is 0 Å². The van der Waals surface area contributed by atoms with Crippen molar-refractivity contribution in [3.63, 3.8) is 0 Å². The Morgan fingerprint density at radius 3 is 2.37 bits per heavy atom. The van der Waals surface area contributed by atoms with Crippen LogP contribution in [0.25, 0.3) is 5.76 Å². The molecule has 0 bridgehead atoms. The highest BCUT2D eigenvalue weighted by atomic mass is 127. The lowest BCUT2D eigenvalue weighted by Gasteiger charge is -2.11. The molecule has 0 unspecified atom stereocenters. The van der Waals surface area contributed by atoms with Crippen LogP contribution in [0.4, 0.5) is 0 Å². The van der Waals surface area contributed by atoms with E-state index < -0.39 is 0 Å². The molecule has 104 valence electrons. The minimum absolute atomic E-state index is 0.295. The van der Waals surface area contributed by atoms with Gasteiger partial charge < -0.3 is 9.47 Å². The summed E-state index contributed by atoms with van der Waals surface area (Å²) in [6.07, 6.45) is 3.12. The van der Waals surface area contributed by atoms with E-state index in [1.807, 2.05) is 24.3 Å². The van der Waals surface area contributed by atoms with Gasteiger partial charge in [-0.05, 0) is 59.7 Å². The van der Waals surface area contributed by atoms with E-state index in [2.05, 4.69) is 29.5 Å². The van der Waals surface area contributed by atoms with Crippen LogP contribution in [0.5, 0.6) is 5.75 Å². The molecule has 0 aliphatic heterocycles. The third kappa shape index (κ3) is 5.22. The first-order valence-electron chi connectivity index (χ1n) is 6.30. The summed E-state index contributed by atoms with van der Waals surface area (Å²) in [5, 5.41) is 0. The molecule has 0 saturated heterocycles. The summed E-state index contributed by atoms with van der Waals surface area (Å²) in [6, 6.07) is 7.54. The van der Waals surface area contributed by atoms with E-state index in [0.29, 0.717) is 5.76 Å². The Labute approximate surface area is 128 Å². The van der Waals surface area contributed by atoms with Crippen LogP contribution in [0, 0.1) is 0 Å². The minimum Gasteiger partial charge on any atom is -0.497 e. The van der Waals surface area contributed by atoms with Crippen molar-refractivity contribution in [2.24, 2.45) is 0 Å². The number of esters is 1. The molecule has 1 aromatic carbocycles. The molecule has 0 aromatic heterocycles. The molecular formula is C15H19IO3. The van der Waals surface area contributed by atoms with Gasteiger partial charge >= 0.3 is 5.97 Å². The maximum absolute atomic E-state index is 11.2. The van der Waals surface area contributed by atoms with Crippen LogP contribution in [0.3, 0.4) is 0 Å². The summed E-state index contributed by atoms with van der Waals surface area (Å²) in [6.45, 7) is 3.57. The van der Waals surface area contributed by atoms with Crippen LogP contribution >= 0.6 is 22.6 Å². The SMILES string of the molecule is CCCC/C(I)=C(\OC(C)=O)c1ccc(OC)cc1. The third-order valence-corrected chi connectivity index (χ3v) is 3.62. The summed E-state index contributed by atoms with van der Waals surface area (Å²) in [5.74, 6) is 1.15. The van der Waals surface area contributed by atoms with Gasteiger partial charge in [0.2, 0.25) is 0 Å². The number of halogens is 1. The first kappa shape index (κ1) is 16.0. The van der Waals surface area contributed by atoms with E-state index in [0.717, 1.165) is 34.2 Å². The standard InChI is InChI=1S/C15H19IO3/c1-4-5-6-14(16)15(19-11(2)17)12-7-9-13(18-3)10-8-12/h7-10H,4-6H2,1-3H3/b15-14+. The topological polar surface area (TPSA) is 35.5 Å². The number of allylic oxidation sites excluding steroid dienone is 1. The quantitative estimate of drug-likeness (QED) is 0.416. The largest absolute Gasteiger partial charge is 0.497 e. The van der Waals surface area contributed by atoms with Crippen molar-refractivity contribution < 1.29 is 14.3 Å². The van der Waals surface area contributed by atoms with E-state index in [4.69, 9.17) is 9.47 Å². The van der Waals surface area contributed by atoms with Crippen molar-refractivity contribution in [3.05, 3.63) is 33.4 Å². The Balaban J connectivity index is 3.04. The normalized spacial score (nSPS) is 11.8. The molecule has 1 aromatic rings. The first-order valence-corrected chi connectivity index (χ1v) is 7.37. The molecule has 0 fully saturated rings. The van der Waals surface area contributed by atoms with Crippen LogP contribution < -0.4 is 4.74 Å². The number of ether oxygens (including phenoxy) is 2. The Bertz CT molecular complexity index is 449. The number of hydrogen-bond acceptors (Lipinski definition) is 3. The molecule has 4 heteroatoms. The summed E-state index contributed by atoms with van der Waals surface area (Å²) in [5.41, 5.74) is 0.900. The van der Waals surface area contributed by atoms with Gasteiger partial charge in [0.1, 0.15) is 11.5 Å². The van der Waals surface area contributed by atoms with E-state index in [1.165, 1.54) is 6.92 Å². The van der Waals surface area contributed by atoms with Crippen LogP contribution in [-0.4, -0.2) is 13.1 Å². The molecular weight excluding hydrogens is 355 g/mol. The third-order valence-electron chi connectivity index (χ3n) is 2.59. The molecule has 0 aliphatic carbocycles. The number of methoxy groups -OCH3 is 1. The number of carbonyl (C=O) groups is 1. The molecule has 19 heavy (non-hydrogen) atoms. The average molecular weight is 374 g/mol.